The van der Waals surface area contributed by atoms with Crippen molar-refractivity contribution in [1.82, 2.24) is 10.3 Å². The Morgan fingerprint density at radius 2 is 2.00 bits per heavy atom. The molecule has 96 valence electrons. The number of aromatic nitrogens is 1. The molecule has 1 aliphatic heterocycles. The highest BCUT2D eigenvalue weighted by Crippen LogP contribution is 2.28. The smallest absolute Gasteiger partial charge is 0.310 e. The van der Waals surface area contributed by atoms with Crippen molar-refractivity contribution in [3.63, 3.8) is 0 Å². The number of nitrogens with one attached hydrogen (secondary N) is 1. The number of methoxy groups -OCH3 is 1. The Hall–Kier alpha value is -0.840. The normalized spacial score (nSPS) is 22.2. The molecule has 0 spiro atoms. The third-order valence-electron chi connectivity index (χ3n) is 2.85. The van der Waals surface area contributed by atoms with Crippen LogP contribution >= 0.6 is 24.8 Å². The van der Waals surface area contributed by atoms with Gasteiger partial charge in [0.25, 0.3) is 0 Å². The SMILES string of the molecule is COC(=O)[C@@H]1CNC[C@H]1c1ccncc1.Cl.Cl. The quantitative estimate of drug-likeness (QED) is 0.831. The van der Waals surface area contributed by atoms with Crippen LogP contribution in [0, 0.1) is 5.92 Å². The summed E-state index contributed by atoms with van der Waals surface area (Å²) in [6.07, 6.45) is 3.50. The van der Waals surface area contributed by atoms with Crippen LogP contribution in [0.2, 0.25) is 0 Å². The number of hydrogen-bond acceptors (Lipinski definition) is 4. The summed E-state index contributed by atoms with van der Waals surface area (Å²) in [4.78, 5) is 15.5. The Morgan fingerprint density at radius 1 is 1.35 bits per heavy atom. The van der Waals surface area contributed by atoms with Crippen LogP contribution in [0.25, 0.3) is 0 Å². The first-order valence-corrected chi connectivity index (χ1v) is 5.01. The summed E-state index contributed by atoms with van der Waals surface area (Å²) < 4.78 is 4.79. The fourth-order valence-corrected chi connectivity index (χ4v) is 2.04. The van der Waals surface area contributed by atoms with Crippen LogP contribution < -0.4 is 5.32 Å². The fourth-order valence-electron chi connectivity index (χ4n) is 2.04. The molecule has 1 aromatic heterocycles. The van der Waals surface area contributed by atoms with Crippen LogP contribution in [0.1, 0.15) is 11.5 Å². The van der Waals surface area contributed by atoms with Crippen molar-refractivity contribution in [1.29, 1.82) is 0 Å². The highest BCUT2D eigenvalue weighted by molar-refractivity contribution is 5.85. The molecule has 1 aromatic rings. The number of carbonyl (C=O) groups is 1. The van der Waals surface area contributed by atoms with Gasteiger partial charge in [-0.15, -0.1) is 24.8 Å². The Balaban J connectivity index is 0.00000128. The fraction of sp³-hybridized carbons (Fsp3) is 0.455. The van der Waals surface area contributed by atoms with Crippen molar-refractivity contribution in [2.45, 2.75) is 5.92 Å². The van der Waals surface area contributed by atoms with E-state index >= 15 is 0 Å². The van der Waals surface area contributed by atoms with Gasteiger partial charge in [0, 0.05) is 31.4 Å². The molecule has 2 rings (SSSR count). The molecule has 0 unspecified atom stereocenters. The summed E-state index contributed by atoms with van der Waals surface area (Å²) in [5.74, 6) is -0.000313. The van der Waals surface area contributed by atoms with Crippen molar-refractivity contribution in [3.8, 4) is 0 Å². The van der Waals surface area contributed by atoms with Gasteiger partial charge in [0.05, 0.1) is 13.0 Å². The van der Waals surface area contributed by atoms with Crippen LogP contribution in [0.4, 0.5) is 0 Å². The molecule has 0 aromatic carbocycles. The van der Waals surface area contributed by atoms with E-state index in [0.29, 0.717) is 6.54 Å². The van der Waals surface area contributed by atoms with Crippen LogP contribution in [0.3, 0.4) is 0 Å². The maximum Gasteiger partial charge on any atom is 0.310 e. The molecular formula is C11H16Cl2N2O2. The summed E-state index contributed by atoms with van der Waals surface area (Å²) in [5, 5.41) is 3.21. The molecule has 4 nitrogen and oxygen atoms in total. The average Bonchev–Trinajstić information content (AvgIpc) is 2.78. The van der Waals surface area contributed by atoms with E-state index in [2.05, 4.69) is 10.3 Å². The predicted molar refractivity (Wildman–Crippen MR) is 69.8 cm³/mol. The number of carbonyl (C=O) groups excluding carboxylic acids is 1. The molecule has 0 bridgehead atoms. The molecule has 0 amide bonds. The summed E-state index contributed by atoms with van der Waals surface area (Å²) >= 11 is 0. The first-order chi connectivity index (χ1) is 7.33. The number of halogens is 2. The van der Waals surface area contributed by atoms with Crippen LogP contribution in [0.5, 0.6) is 0 Å². The van der Waals surface area contributed by atoms with Gasteiger partial charge >= 0.3 is 5.97 Å². The Kier molecular flexibility index (Phi) is 7.11. The second-order valence-corrected chi connectivity index (χ2v) is 3.67. The second-order valence-electron chi connectivity index (χ2n) is 3.67. The van der Waals surface area contributed by atoms with E-state index < -0.39 is 0 Å². The van der Waals surface area contributed by atoms with Gasteiger partial charge < -0.3 is 10.1 Å². The molecule has 0 saturated carbocycles. The van der Waals surface area contributed by atoms with E-state index in [9.17, 15) is 4.79 Å². The summed E-state index contributed by atoms with van der Waals surface area (Å²) in [5.41, 5.74) is 1.14. The van der Waals surface area contributed by atoms with Crippen molar-refractivity contribution in [2.75, 3.05) is 20.2 Å². The summed E-state index contributed by atoms with van der Waals surface area (Å²) in [6.45, 7) is 1.52. The number of rotatable bonds is 2. The van der Waals surface area contributed by atoms with E-state index in [1.165, 1.54) is 7.11 Å². The van der Waals surface area contributed by atoms with Gasteiger partial charge in [-0.05, 0) is 17.7 Å². The number of hydrogen-bond donors (Lipinski definition) is 1. The third kappa shape index (κ3) is 3.56. The number of pyridine rings is 1. The maximum absolute atomic E-state index is 11.5. The minimum absolute atomic E-state index is 0. The highest BCUT2D eigenvalue weighted by atomic mass is 35.5. The number of esters is 1. The Morgan fingerprint density at radius 3 is 2.59 bits per heavy atom. The lowest BCUT2D eigenvalue weighted by Gasteiger charge is -2.16. The molecule has 0 aliphatic carbocycles. The van der Waals surface area contributed by atoms with Crippen LogP contribution in [-0.4, -0.2) is 31.2 Å². The molecule has 1 N–H and O–H groups in total. The molecule has 1 aliphatic rings. The highest BCUT2D eigenvalue weighted by Gasteiger charge is 2.34. The topological polar surface area (TPSA) is 51.2 Å². The lowest BCUT2D eigenvalue weighted by atomic mass is 9.90. The van der Waals surface area contributed by atoms with Gasteiger partial charge in [0.15, 0.2) is 0 Å². The maximum atomic E-state index is 11.5. The predicted octanol–water partition coefficient (Wildman–Crippen LogP) is 1.40. The van der Waals surface area contributed by atoms with Crippen LogP contribution in [-0.2, 0) is 9.53 Å². The van der Waals surface area contributed by atoms with Gasteiger partial charge in [0.2, 0.25) is 0 Å². The molecule has 2 atom stereocenters. The minimum atomic E-state index is -0.137. The van der Waals surface area contributed by atoms with Crippen molar-refractivity contribution in [2.24, 2.45) is 5.92 Å². The van der Waals surface area contributed by atoms with Gasteiger partial charge in [-0.3, -0.25) is 9.78 Å². The first kappa shape index (κ1) is 16.2. The molecular weight excluding hydrogens is 263 g/mol. The molecule has 6 heteroatoms. The zero-order chi connectivity index (χ0) is 10.7. The largest absolute Gasteiger partial charge is 0.469 e. The Labute approximate surface area is 113 Å². The number of nitrogens with zero attached hydrogens (tertiary/aromatic N) is 1. The second kappa shape index (κ2) is 7.48. The standard InChI is InChI=1S/C11H14N2O2.2ClH/c1-15-11(14)10-7-13-6-9(10)8-2-4-12-5-3-8;;/h2-5,9-10,13H,6-7H2,1H3;2*1H/t9-,10+;;/m0../s1. The number of ether oxygens (including phenoxy) is 1. The van der Waals surface area contributed by atoms with Gasteiger partial charge in [0.1, 0.15) is 0 Å². The van der Waals surface area contributed by atoms with Crippen molar-refractivity contribution < 1.29 is 9.53 Å². The molecule has 2 heterocycles. The molecule has 17 heavy (non-hydrogen) atoms. The van der Waals surface area contributed by atoms with E-state index in [0.717, 1.165) is 12.1 Å². The third-order valence-corrected chi connectivity index (χ3v) is 2.85. The molecule has 0 radical (unpaired) electrons. The zero-order valence-electron chi connectivity index (χ0n) is 9.46. The summed E-state index contributed by atoms with van der Waals surface area (Å²) in [6, 6.07) is 3.90. The van der Waals surface area contributed by atoms with E-state index in [-0.39, 0.29) is 42.6 Å². The zero-order valence-corrected chi connectivity index (χ0v) is 11.1. The van der Waals surface area contributed by atoms with Gasteiger partial charge in [-0.1, -0.05) is 0 Å². The minimum Gasteiger partial charge on any atom is -0.469 e. The van der Waals surface area contributed by atoms with Gasteiger partial charge in [-0.2, -0.15) is 0 Å². The first-order valence-electron chi connectivity index (χ1n) is 5.01. The van der Waals surface area contributed by atoms with Crippen molar-refractivity contribution in [3.05, 3.63) is 30.1 Å². The van der Waals surface area contributed by atoms with E-state index in [1.807, 2.05) is 12.1 Å². The molecule has 1 saturated heterocycles. The monoisotopic (exact) mass is 278 g/mol. The Bertz CT molecular complexity index is 349. The van der Waals surface area contributed by atoms with Gasteiger partial charge in [-0.25, -0.2) is 0 Å². The average molecular weight is 279 g/mol. The van der Waals surface area contributed by atoms with E-state index in [4.69, 9.17) is 4.74 Å². The molecule has 1 fully saturated rings. The lowest BCUT2D eigenvalue weighted by molar-refractivity contribution is -0.145. The van der Waals surface area contributed by atoms with E-state index in [1.54, 1.807) is 12.4 Å². The lowest BCUT2D eigenvalue weighted by Crippen LogP contribution is -2.22. The summed E-state index contributed by atoms with van der Waals surface area (Å²) in [7, 11) is 1.43. The van der Waals surface area contributed by atoms with Crippen LogP contribution in [0.15, 0.2) is 24.5 Å². The van der Waals surface area contributed by atoms with Crippen molar-refractivity contribution >= 4 is 30.8 Å².